The number of carboxylic acid groups (broad SMARTS) is 1. The molecule has 0 saturated carbocycles. The largest absolute Gasteiger partial charge is 0.481 e. The smallest absolute Gasteiger partial charge is 0.307 e. The van der Waals surface area contributed by atoms with E-state index in [2.05, 4.69) is 4.98 Å². The predicted octanol–water partition coefficient (Wildman–Crippen LogP) is 0.977. The van der Waals surface area contributed by atoms with Gasteiger partial charge in [0.25, 0.3) is 6.43 Å². The Kier molecular flexibility index (Phi) is 4.06. The van der Waals surface area contributed by atoms with Gasteiger partial charge in [-0.1, -0.05) is 0 Å². The van der Waals surface area contributed by atoms with Crippen molar-refractivity contribution in [2.75, 3.05) is 0 Å². The zero-order valence-corrected chi connectivity index (χ0v) is 8.65. The number of hydrogen-bond donors (Lipinski definition) is 2. The number of hydrogen-bond acceptors (Lipinski definition) is 4. The van der Waals surface area contributed by atoms with Crippen LogP contribution in [0.2, 0.25) is 0 Å². The molecule has 1 aromatic rings. The number of alkyl halides is 2. The van der Waals surface area contributed by atoms with Crippen molar-refractivity contribution in [1.82, 2.24) is 4.98 Å². The molecule has 0 aliphatic heterocycles. The number of carbonyl (C=O) groups is 1. The molecule has 0 fully saturated rings. The predicted molar refractivity (Wildman–Crippen MR) is 53.1 cm³/mol. The van der Waals surface area contributed by atoms with Gasteiger partial charge in [0.15, 0.2) is 0 Å². The van der Waals surface area contributed by atoms with Crippen molar-refractivity contribution < 1.29 is 18.7 Å². The van der Waals surface area contributed by atoms with E-state index in [1.165, 1.54) is 0 Å². The Morgan fingerprint density at radius 1 is 1.65 bits per heavy atom. The molecule has 0 saturated heterocycles. The molecule has 90 valence electrons. The molecule has 0 atom stereocenters. The van der Waals surface area contributed by atoms with E-state index in [1.54, 1.807) is 6.07 Å². The van der Waals surface area contributed by atoms with Crippen LogP contribution in [0, 0.1) is 11.3 Å². The first kappa shape index (κ1) is 13.0. The highest BCUT2D eigenvalue weighted by molar-refractivity contribution is 5.71. The van der Waals surface area contributed by atoms with Gasteiger partial charge in [-0.25, -0.2) is 8.78 Å². The average Bonchev–Trinajstić information content (AvgIpc) is 2.27. The molecule has 1 heterocycles. The number of rotatable bonds is 4. The van der Waals surface area contributed by atoms with Gasteiger partial charge in [0.05, 0.1) is 23.2 Å². The third-order valence-electron chi connectivity index (χ3n) is 2.14. The van der Waals surface area contributed by atoms with Gasteiger partial charge < -0.3 is 10.8 Å². The molecule has 0 spiro atoms. The summed E-state index contributed by atoms with van der Waals surface area (Å²) in [5.41, 5.74) is 4.19. The number of aliphatic carboxylic acids is 1. The van der Waals surface area contributed by atoms with E-state index in [0.29, 0.717) is 0 Å². The summed E-state index contributed by atoms with van der Waals surface area (Å²) < 4.78 is 25.6. The summed E-state index contributed by atoms with van der Waals surface area (Å²) in [5.74, 6) is -1.22. The monoisotopic (exact) mass is 241 g/mol. The Bertz CT molecular complexity index is 483. The second-order valence-corrected chi connectivity index (χ2v) is 3.21. The van der Waals surface area contributed by atoms with Crippen LogP contribution in [0.4, 0.5) is 8.78 Å². The highest BCUT2D eigenvalue weighted by atomic mass is 19.3. The fourth-order valence-corrected chi connectivity index (χ4v) is 1.43. The maximum Gasteiger partial charge on any atom is 0.307 e. The zero-order valence-electron chi connectivity index (χ0n) is 8.65. The topological polar surface area (TPSA) is 100 Å². The lowest BCUT2D eigenvalue weighted by Gasteiger charge is -2.11. The van der Waals surface area contributed by atoms with Crippen molar-refractivity contribution in [2.45, 2.75) is 19.4 Å². The number of halogens is 2. The van der Waals surface area contributed by atoms with E-state index in [0.717, 1.165) is 6.20 Å². The molecule has 0 aliphatic rings. The molecule has 1 aromatic heterocycles. The highest BCUT2D eigenvalue weighted by Crippen LogP contribution is 2.27. The minimum absolute atomic E-state index is 0.0347. The van der Waals surface area contributed by atoms with Crippen LogP contribution in [0.25, 0.3) is 0 Å². The number of nitrogens with zero attached hydrogens (tertiary/aromatic N) is 2. The van der Waals surface area contributed by atoms with Crippen LogP contribution in [0.1, 0.15) is 28.8 Å². The van der Waals surface area contributed by atoms with Crippen LogP contribution in [0.5, 0.6) is 0 Å². The SMILES string of the molecule is N#Cc1c(CC(=O)O)cnc(CN)c1C(F)F. The normalized spacial score (nSPS) is 10.3. The summed E-state index contributed by atoms with van der Waals surface area (Å²) in [6, 6.07) is 1.59. The lowest BCUT2D eigenvalue weighted by Crippen LogP contribution is -2.11. The molecule has 7 heteroatoms. The van der Waals surface area contributed by atoms with Crippen molar-refractivity contribution in [3.63, 3.8) is 0 Å². The molecular formula is C10H9F2N3O2. The van der Waals surface area contributed by atoms with Gasteiger partial charge in [0.2, 0.25) is 0 Å². The summed E-state index contributed by atoms with van der Waals surface area (Å²) in [6.07, 6.45) is -2.34. The fraction of sp³-hybridized carbons (Fsp3) is 0.300. The number of aromatic nitrogens is 1. The van der Waals surface area contributed by atoms with Gasteiger partial charge >= 0.3 is 5.97 Å². The van der Waals surface area contributed by atoms with Crippen molar-refractivity contribution in [3.05, 3.63) is 28.6 Å². The molecule has 3 N–H and O–H groups in total. The summed E-state index contributed by atoms with van der Waals surface area (Å²) in [5, 5.41) is 17.4. The molecule has 0 aliphatic carbocycles. The Hall–Kier alpha value is -2.07. The lowest BCUT2D eigenvalue weighted by molar-refractivity contribution is -0.136. The van der Waals surface area contributed by atoms with Crippen LogP contribution >= 0.6 is 0 Å². The summed E-state index contributed by atoms with van der Waals surface area (Å²) in [7, 11) is 0. The maximum atomic E-state index is 12.8. The molecule has 0 radical (unpaired) electrons. The molecule has 0 amide bonds. The highest BCUT2D eigenvalue weighted by Gasteiger charge is 2.22. The molecular weight excluding hydrogens is 232 g/mol. The Morgan fingerprint density at radius 3 is 2.71 bits per heavy atom. The number of carboxylic acids is 1. The van der Waals surface area contributed by atoms with Crippen LogP contribution < -0.4 is 5.73 Å². The van der Waals surface area contributed by atoms with Crippen molar-refractivity contribution in [3.8, 4) is 6.07 Å². The molecule has 0 aromatic carbocycles. The minimum atomic E-state index is -2.91. The Labute approximate surface area is 95.5 Å². The molecule has 1 rings (SSSR count). The van der Waals surface area contributed by atoms with E-state index in [1.807, 2.05) is 0 Å². The van der Waals surface area contributed by atoms with Gasteiger partial charge in [-0.15, -0.1) is 0 Å². The number of nitrogens with two attached hydrogens (primary N) is 1. The molecule has 17 heavy (non-hydrogen) atoms. The Balaban J connectivity index is 3.42. The Morgan fingerprint density at radius 2 is 2.29 bits per heavy atom. The number of pyridine rings is 1. The second kappa shape index (κ2) is 5.32. The van der Waals surface area contributed by atoms with Crippen molar-refractivity contribution >= 4 is 5.97 Å². The first-order valence-electron chi connectivity index (χ1n) is 4.62. The standard InChI is InChI=1S/C10H9F2N3O2/c11-10(12)9-6(2-13)5(1-8(16)17)4-15-7(9)3-14/h4,10H,1,3,14H2,(H,16,17). The van der Waals surface area contributed by atoms with Crippen LogP contribution in [0.15, 0.2) is 6.20 Å². The maximum absolute atomic E-state index is 12.8. The first-order valence-corrected chi connectivity index (χ1v) is 4.62. The number of nitriles is 1. The summed E-state index contributed by atoms with van der Waals surface area (Å²) >= 11 is 0. The van der Waals surface area contributed by atoms with Crippen LogP contribution in [-0.2, 0) is 17.8 Å². The van der Waals surface area contributed by atoms with E-state index in [9.17, 15) is 13.6 Å². The third kappa shape index (κ3) is 2.73. The van der Waals surface area contributed by atoms with E-state index in [4.69, 9.17) is 16.1 Å². The zero-order chi connectivity index (χ0) is 13.0. The van der Waals surface area contributed by atoms with E-state index < -0.39 is 24.4 Å². The van der Waals surface area contributed by atoms with Gasteiger partial charge in [-0.2, -0.15) is 5.26 Å². The van der Waals surface area contributed by atoms with Gasteiger partial charge in [-0.3, -0.25) is 9.78 Å². The van der Waals surface area contributed by atoms with Gasteiger partial charge in [-0.05, 0) is 5.56 Å². The van der Waals surface area contributed by atoms with Crippen molar-refractivity contribution in [1.29, 1.82) is 5.26 Å². The van der Waals surface area contributed by atoms with Gasteiger partial charge in [0.1, 0.15) is 6.07 Å². The first-order chi connectivity index (χ1) is 8.01. The van der Waals surface area contributed by atoms with E-state index in [-0.39, 0.29) is 23.4 Å². The van der Waals surface area contributed by atoms with Crippen LogP contribution in [-0.4, -0.2) is 16.1 Å². The molecule has 5 nitrogen and oxygen atoms in total. The second-order valence-electron chi connectivity index (χ2n) is 3.21. The lowest BCUT2D eigenvalue weighted by atomic mass is 10.0. The molecule has 0 unspecified atom stereocenters. The average molecular weight is 241 g/mol. The molecule has 0 bridgehead atoms. The minimum Gasteiger partial charge on any atom is -0.481 e. The van der Waals surface area contributed by atoms with Crippen LogP contribution in [0.3, 0.4) is 0 Å². The third-order valence-corrected chi connectivity index (χ3v) is 2.14. The summed E-state index contributed by atoms with van der Waals surface area (Å²) in [6.45, 7) is -0.234. The van der Waals surface area contributed by atoms with Crippen molar-refractivity contribution in [2.24, 2.45) is 5.73 Å². The quantitative estimate of drug-likeness (QED) is 0.818. The summed E-state index contributed by atoms with van der Waals surface area (Å²) in [4.78, 5) is 14.2. The fourth-order valence-electron chi connectivity index (χ4n) is 1.43. The van der Waals surface area contributed by atoms with Gasteiger partial charge in [0, 0.05) is 12.7 Å². The van der Waals surface area contributed by atoms with E-state index >= 15 is 0 Å².